The van der Waals surface area contributed by atoms with E-state index in [0.29, 0.717) is 5.88 Å². The largest absolute Gasteiger partial charge is 0.496 e. The Morgan fingerprint density at radius 2 is 1.88 bits per heavy atom. The Kier molecular flexibility index (Phi) is 5.09. The first kappa shape index (κ1) is 16.7. The lowest BCUT2D eigenvalue weighted by atomic mass is 10.1. The van der Waals surface area contributed by atoms with Crippen molar-refractivity contribution in [2.75, 3.05) is 13.7 Å². The first-order chi connectivity index (χ1) is 12.2. The summed E-state index contributed by atoms with van der Waals surface area (Å²) >= 11 is 0. The van der Waals surface area contributed by atoms with Gasteiger partial charge in [0, 0.05) is 5.56 Å². The first-order valence-corrected chi connectivity index (χ1v) is 7.94. The molecular weight excluding hydrogens is 318 g/mol. The average molecular weight is 337 g/mol. The molecule has 0 bridgehead atoms. The second kappa shape index (κ2) is 7.61. The number of ether oxygens (including phenoxy) is 2. The van der Waals surface area contributed by atoms with Crippen molar-refractivity contribution in [3.05, 3.63) is 60.4 Å². The van der Waals surface area contributed by atoms with E-state index >= 15 is 0 Å². The van der Waals surface area contributed by atoms with Crippen LogP contribution >= 0.6 is 0 Å². The molecule has 0 fully saturated rings. The summed E-state index contributed by atoms with van der Waals surface area (Å²) in [6.45, 7) is 1.77. The second-order valence-electron chi connectivity index (χ2n) is 5.52. The lowest BCUT2D eigenvalue weighted by molar-refractivity contribution is -0.123. The number of benzene rings is 2. The maximum atomic E-state index is 12.2. The van der Waals surface area contributed by atoms with E-state index in [-0.39, 0.29) is 18.6 Å². The number of fused-ring (bicyclic) bond motifs is 1. The van der Waals surface area contributed by atoms with Crippen molar-refractivity contribution in [1.82, 2.24) is 15.3 Å². The van der Waals surface area contributed by atoms with Crippen LogP contribution in [-0.4, -0.2) is 29.6 Å². The monoisotopic (exact) mass is 337 g/mol. The molecule has 0 saturated carbocycles. The van der Waals surface area contributed by atoms with E-state index in [4.69, 9.17) is 9.47 Å². The third-order valence-electron chi connectivity index (χ3n) is 3.83. The van der Waals surface area contributed by atoms with Crippen LogP contribution in [-0.2, 0) is 4.79 Å². The van der Waals surface area contributed by atoms with Gasteiger partial charge in [0.1, 0.15) is 12.1 Å². The summed E-state index contributed by atoms with van der Waals surface area (Å²) in [4.78, 5) is 20.5. The molecule has 1 unspecified atom stereocenters. The number of aromatic nitrogens is 2. The van der Waals surface area contributed by atoms with Gasteiger partial charge in [0.2, 0.25) is 5.88 Å². The number of hydrogen-bond donors (Lipinski definition) is 1. The molecule has 0 spiro atoms. The van der Waals surface area contributed by atoms with Gasteiger partial charge in [-0.25, -0.2) is 9.97 Å². The highest BCUT2D eigenvalue weighted by Gasteiger charge is 2.14. The van der Waals surface area contributed by atoms with E-state index in [9.17, 15) is 4.79 Å². The zero-order chi connectivity index (χ0) is 17.6. The number of hydrogen-bond acceptors (Lipinski definition) is 5. The fourth-order valence-electron chi connectivity index (χ4n) is 2.61. The van der Waals surface area contributed by atoms with E-state index < -0.39 is 0 Å². The Morgan fingerprint density at radius 1 is 1.12 bits per heavy atom. The van der Waals surface area contributed by atoms with Crippen LogP contribution in [0.5, 0.6) is 11.6 Å². The van der Waals surface area contributed by atoms with Crippen LogP contribution in [0.4, 0.5) is 0 Å². The van der Waals surface area contributed by atoms with Crippen molar-refractivity contribution in [3.63, 3.8) is 0 Å². The number of nitrogens with zero attached hydrogens (tertiary/aromatic N) is 2. The molecule has 0 aliphatic heterocycles. The molecule has 6 nitrogen and oxygen atoms in total. The fourth-order valence-corrected chi connectivity index (χ4v) is 2.61. The summed E-state index contributed by atoms with van der Waals surface area (Å²) in [6, 6.07) is 14.9. The number of rotatable bonds is 6. The summed E-state index contributed by atoms with van der Waals surface area (Å²) in [7, 11) is 1.61. The molecule has 0 aliphatic carbocycles. The van der Waals surface area contributed by atoms with Crippen molar-refractivity contribution >= 4 is 16.8 Å². The summed E-state index contributed by atoms with van der Waals surface area (Å²) in [5.74, 6) is 0.893. The van der Waals surface area contributed by atoms with Crippen molar-refractivity contribution in [2.45, 2.75) is 13.0 Å². The maximum Gasteiger partial charge on any atom is 0.258 e. The molecule has 1 amide bonds. The van der Waals surface area contributed by atoms with Crippen LogP contribution in [0.1, 0.15) is 18.5 Å². The zero-order valence-corrected chi connectivity index (χ0v) is 14.1. The number of methoxy groups -OCH3 is 1. The predicted octanol–water partition coefficient (Wildman–Crippen LogP) is 2.89. The molecule has 1 N–H and O–H groups in total. The maximum absolute atomic E-state index is 12.2. The highest BCUT2D eigenvalue weighted by molar-refractivity contribution is 5.84. The summed E-state index contributed by atoms with van der Waals surface area (Å²) in [5.41, 5.74) is 1.68. The fraction of sp³-hybridized carbons (Fsp3) is 0.211. The van der Waals surface area contributed by atoms with E-state index in [2.05, 4.69) is 15.3 Å². The normalized spacial score (nSPS) is 11.8. The van der Waals surface area contributed by atoms with Gasteiger partial charge in [-0.15, -0.1) is 0 Å². The summed E-state index contributed by atoms with van der Waals surface area (Å²) in [5, 5.41) is 3.68. The average Bonchev–Trinajstić information content (AvgIpc) is 2.66. The van der Waals surface area contributed by atoms with Gasteiger partial charge in [-0.05, 0) is 25.1 Å². The molecule has 2 aromatic carbocycles. The Labute approximate surface area is 145 Å². The van der Waals surface area contributed by atoms with E-state index in [1.165, 1.54) is 6.33 Å². The smallest absolute Gasteiger partial charge is 0.258 e. The Balaban J connectivity index is 1.64. The molecule has 0 aliphatic rings. The van der Waals surface area contributed by atoms with Gasteiger partial charge in [-0.2, -0.15) is 0 Å². The van der Waals surface area contributed by atoms with Crippen molar-refractivity contribution in [1.29, 1.82) is 0 Å². The predicted molar refractivity (Wildman–Crippen MR) is 94.6 cm³/mol. The standard InChI is InChI=1S/C19H19N3O3/c1-13(14-7-4-6-10-17(14)24-2)22-18(23)11-25-19-15-8-3-5-9-16(15)20-12-21-19/h3-10,12-13H,11H2,1-2H3,(H,22,23). The zero-order valence-electron chi connectivity index (χ0n) is 14.1. The van der Waals surface area contributed by atoms with Crippen LogP contribution in [0.3, 0.4) is 0 Å². The third kappa shape index (κ3) is 3.85. The Bertz CT molecular complexity index is 877. The van der Waals surface area contributed by atoms with Crippen LogP contribution in [0, 0.1) is 0 Å². The minimum atomic E-state index is -0.235. The van der Waals surface area contributed by atoms with Gasteiger partial charge in [0.25, 0.3) is 5.91 Å². The van der Waals surface area contributed by atoms with Gasteiger partial charge in [-0.1, -0.05) is 30.3 Å². The molecule has 0 saturated heterocycles. The van der Waals surface area contributed by atoms with Crippen LogP contribution in [0.15, 0.2) is 54.9 Å². The van der Waals surface area contributed by atoms with Crippen LogP contribution in [0.2, 0.25) is 0 Å². The van der Waals surface area contributed by atoms with E-state index in [1.807, 2.05) is 55.5 Å². The molecule has 1 atom stereocenters. The number of amides is 1. The summed E-state index contributed by atoms with van der Waals surface area (Å²) in [6.07, 6.45) is 1.42. The Hall–Kier alpha value is -3.15. The van der Waals surface area contributed by atoms with E-state index in [0.717, 1.165) is 22.2 Å². The van der Waals surface area contributed by atoms with Crippen LogP contribution in [0.25, 0.3) is 10.9 Å². The SMILES string of the molecule is COc1ccccc1C(C)NC(=O)COc1ncnc2ccccc12. The lowest BCUT2D eigenvalue weighted by Crippen LogP contribution is -2.31. The molecule has 3 aromatic rings. The first-order valence-electron chi connectivity index (χ1n) is 7.94. The second-order valence-corrected chi connectivity index (χ2v) is 5.52. The molecule has 1 heterocycles. The van der Waals surface area contributed by atoms with Crippen molar-refractivity contribution in [3.8, 4) is 11.6 Å². The number of carbonyl (C=O) groups is 1. The number of carbonyl (C=O) groups excluding carboxylic acids is 1. The van der Waals surface area contributed by atoms with Gasteiger partial charge in [0.05, 0.1) is 24.1 Å². The lowest BCUT2D eigenvalue weighted by Gasteiger charge is -2.17. The Morgan fingerprint density at radius 3 is 2.72 bits per heavy atom. The number of nitrogens with one attached hydrogen (secondary N) is 1. The molecule has 1 aromatic heterocycles. The topological polar surface area (TPSA) is 73.3 Å². The molecule has 6 heteroatoms. The number of para-hydroxylation sites is 2. The third-order valence-corrected chi connectivity index (χ3v) is 3.83. The van der Waals surface area contributed by atoms with Crippen LogP contribution < -0.4 is 14.8 Å². The highest BCUT2D eigenvalue weighted by Crippen LogP contribution is 2.24. The van der Waals surface area contributed by atoms with Crippen molar-refractivity contribution in [2.24, 2.45) is 0 Å². The molecule has 0 radical (unpaired) electrons. The molecule has 3 rings (SSSR count). The van der Waals surface area contributed by atoms with Gasteiger partial charge < -0.3 is 14.8 Å². The molecule has 128 valence electrons. The molecule has 25 heavy (non-hydrogen) atoms. The van der Waals surface area contributed by atoms with Crippen molar-refractivity contribution < 1.29 is 14.3 Å². The van der Waals surface area contributed by atoms with Gasteiger partial charge in [0.15, 0.2) is 6.61 Å². The minimum absolute atomic E-state index is 0.125. The minimum Gasteiger partial charge on any atom is -0.496 e. The molecular formula is C19H19N3O3. The van der Waals surface area contributed by atoms with Gasteiger partial charge >= 0.3 is 0 Å². The quantitative estimate of drug-likeness (QED) is 0.749. The van der Waals surface area contributed by atoms with E-state index in [1.54, 1.807) is 7.11 Å². The summed E-state index contributed by atoms with van der Waals surface area (Å²) < 4.78 is 10.9. The van der Waals surface area contributed by atoms with Gasteiger partial charge in [-0.3, -0.25) is 4.79 Å². The highest BCUT2D eigenvalue weighted by atomic mass is 16.5.